The summed E-state index contributed by atoms with van der Waals surface area (Å²) in [5.41, 5.74) is 0. The van der Waals surface area contributed by atoms with E-state index in [9.17, 15) is 43.2 Å². The van der Waals surface area contributed by atoms with Crippen molar-refractivity contribution in [3.05, 3.63) is 0 Å². The van der Waals surface area contributed by atoms with Crippen LogP contribution in [-0.2, 0) is 65.4 Å². The van der Waals surface area contributed by atoms with Crippen LogP contribution in [0.2, 0.25) is 0 Å². The average molecular weight is 1340 g/mol. The van der Waals surface area contributed by atoms with Crippen LogP contribution in [-0.4, -0.2) is 96.7 Å². The molecule has 19 heteroatoms. The zero-order valence-corrected chi connectivity index (χ0v) is 61.3. The second-order valence-corrected chi connectivity index (χ2v) is 30.8. The molecule has 0 bridgehead atoms. The molecule has 0 aromatic carbocycles. The van der Waals surface area contributed by atoms with Gasteiger partial charge in [0.05, 0.1) is 26.4 Å². The SMILES string of the molecule is CC(C)CCCCCCCCCCCCCCC(=O)OC[C@H](COP(=O)(O)OCC(O)COP(=O)(O)OC[C@@H](COC(=O)CCCCCCCCCC(C)C)OC(=O)CCCCCCCCCCCC(C)C)OC(=O)CCCCCCCCCCCCCC(C)C. The number of aliphatic hydroxyl groups excluding tert-OH is 1. The number of phosphoric ester groups is 2. The Kier molecular flexibility index (Phi) is 60.3. The molecular formula is C72H140O17P2. The third-order valence-corrected chi connectivity index (χ3v) is 18.5. The largest absolute Gasteiger partial charge is 0.472 e. The predicted molar refractivity (Wildman–Crippen MR) is 367 cm³/mol. The summed E-state index contributed by atoms with van der Waals surface area (Å²) in [4.78, 5) is 72.6. The molecule has 540 valence electrons. The number of rotatable bonds is 69. The summed E-state index contributed by atoms with van der Waals surface area (Å²) in [5, 5.41) is 10.6. The average Bonchev–Trinajstić information content (AvgIpc) is 2.98. The molecule has 0 aliphatic heterocycles. The first-order valence-corrected chi connectivity index (χ1v) is 40.2. The lowest BCUT2D eigenvalue weighted by Crippen LogP contribution is -2.30. The highest BCUT2D eigenvalue weighted by atomic mass is 31.2. The van der Waals surface area contributed by atoms with Gasteiger partial charge in [0.2, 0.25) is 0 Å². The Morgan fingerprint density at radius 1 is 0.275 bits per heavy atom. The van der Waals surface area contributed by atoms with Gasteiger partial charge in [-0.05, 0) is 49.4 Å². The van der Waals surface area contributed by atoms with Gasteiger partial charge in [-0.2, -0.15) is 0 Å². The van der Waals surface area contributed by atoms with E-state index in [1.54, 1.807) is 0 Å². The minimum absolute atomic E-state index is 0.104. The van der Waals surface area contributed by atoms with Crippen LogP contribution < -0.4 is 0 Å². The summed E-state index contributed by atoms with van der Waals surface area (Å²) in [6, 6.07) is 0. The highest BCUT2D eigenvalue weighted by molar-refractivity contribution is 7.47. The topological polar surface area (TPSA) is 237 Å². The van der Waals surface area contributed by atoms with Crippen molar-refractivity contribution in [2.45, 2.75) is 375 Å². The van der Waals surface area contributed by atoms with Gasteiger partial charge in [0.15, 0.2) is 12.2 Å². The molecule has 0 radical (unpaired) electrons. The maximum absolute atomic E-state index is 13.0. The summed E-state index contributed by atoms with van der Waals surface area (Å²) in [6.07, 6.45) is 44.5. The van der Waals surface area contributed by atoms with E-state index in [2.05, 4.69) is 55.4 Å². The Balaban J connectivity index is 5.26. The fourth-order valence-corrected chi connectivity index (χ4v) is 12.4. The fourth-order valence-electron chi connectivity index (χ4n) is 10.8. The van der Waals surface area contributed by atoms with Gasteiger partial charge in [0, 0.05) is 25.7 Å². The first-order chi connectivity index (χ1) is 43.6. The molecular weight excluding hydrogens is 1200 g/mol. The van der Waals surface area contributed by atoms with Crippen molar-refractivity contribution in [1.82, 2.24) is 0 Å². The van der Waals surface area contributed by atoms with Crippen LogP contribution >= 0.6 is 15.6 Å². The molecule has 0 saturated heterocycles. The van der Waals surface area contributed by atoms with Gasteiger partial charge in [0.1, 0.15) is 19.3 Å². The molecule has 91 heavy (non-hydrogen) atoms. The molecule has 0 amide bonds. The minimum Gasteiger partial charge on any atom is -0.462 e. The molecule has 5 atom stereocenters. The van der Waals surface area contributed by atoms with Crippen LogP contribution in [0, 0.1) is 23.7 Å². The Morgan fingerprint density at radius 2 is 0.462 bits per heavy atom. The van der Waals surface area contributed by atoms with E-state index in [4.69, 9.17) is 37.0 Å². The first kappa shape index (κ1) is 89.1. The van der Waals surface area contributed by atoms with Crippen molar-refractivity contribution in [2.24, 2.45) is 23.7 Å². The van der Waals surface area contributed by atoms with Crippen LogP contribution in [0.5, 0.6) is 0 Å². The molecule has 3 unspecified atom stereocenters. The number of hydrogen-bond donors (Lipinski definition) is 3. The zero-order chi connectivity index (χ0) is 67.5. The first-order valence-electron chi connectivity index (χ1n) is 37.2. The lowest BCUT2D eigenvalue weighted by Gasteiger charge is -2.21. The number of aliphatic hydroxyl groups is 1. The number of phosphoric acid groups is 2. The van der Waals surface area contributed by atoms with Gasteiger partial charge in [-0.15, -0.1) is 0 Å². The van der Waals surface area contributed by atoms with Crippen molar-refractivity contribution < 1.29 is 80.2 Å². The van der Waals surface area contributed by atoms with Gasteiger partial charge in [-0.3, -0.25) is 37.3 Å². The smallest absolute Gasteiger partial charge is 0.462 e. The Bertz CT molecular complexity index is 1800. The molecule has 0 aromatic heterocycles. The van der Waals surface area contributed by atoms with E-state index in [-0.39, 0.29) is 25.7 Å². The van der Waals surface area contributed by atoms with E-state index in [0.29, 0.717) is 31.6 Å². The van der Waals surface area contributed by atoms with Gasteiger partial charge >= 0.3 is 39.5 Å². The van der Waals surface area contributed by atoms with Crippen molar-refractivity contribution in [2.75, 3.05) is 39.6 Å². The molecule has 0 heterocycles. The zero-order valence-electron chi connectivity index (χ0n) is 59.5. The van der Waals surface area contributed by atoms with Crippen molar-refractivity contribution in [3.63, 3.8) is 0 Å². The number of carbonyl (C=O) groups is 4. The van der Waals surface area contributed by atoms with Gasteiger partial charge < -0.3 is 33.8 Å². The summed E-state index contributed by atoms with van der Waals surface area (Å²) < 4.78 is 68.4. The van der Waals surface area contributed by atoms with Crippen LogP contribution in [0.3, 0.4) is 0 Å². The summed E-state index contributed by atoms with van der Waals surface area (Å²) in [5.74, 6) is 0.862. The van der Waals surface area contributed by atoms with E-state index >= 15 is 0 Å². The molecule has 0 saturated carbocycles. The van der Waals surface area contributed by atoms with Crippen molar-refractivity contribution >= 4 is 39.5 Å². The third kappa shape index (κ3) is 66.5. The number of unbranched alkanes of at least 4 members (excludes halogenated alkanes) is 35. The summed E-state index contributed by atoms with van der Waals surface area (Å²) in [6.45, 7) is 14.1. The molecule has 0 aromatic rings. The Labute approximate surface area is 556 Å². The number of carbonyl (C=O) groups excluding carboxylic acids is 4. The van der Waals surface area contributed by atoms with Crippen molar-refractivity contribution in [1.29, 1.82) is 0 Å². The van der Waals surface area contributed by atoms with E-state index in [1.165, 1.54) is 154 Å². The lowest BCUT2D eigenvalue weighted by atomic mass is 10.0. The molecule has 0 aliphatic rings. The highest BCUT2D eigenvalue weighted by Gasteiger charge is 2.30. The maximum Gasteiger partial charge on any atom is 0.472 e. The molecule has 0 rings (SSSR count). The van der Waals surface area contributed by atoms with Gasteiger partial charge in [-0.1, -0.05) is 306 Å². The molecule has 0 fully saturated rings. The van der Waals surface area contributed by atoms with E-state index in [1.807, 2.05) is 0 Å². The fraction of sp³-hybridized carbons (Fsp3) is 0.944. The van der Waals surface area contributed by atoms with Gasteiger partial charge in [-0.25, -0.2) is 9.13 Å². The molecule has 0 aliphatic carbocycles. The normalized spacial score (nSPS) is 14.2. The summed E-state index contributed by atoms with van der Waals surface area (Å²) in [7, 11) is -9.91. The summed E-state index contributed by atoms with van der Waals surface area (Å²) >= 11 is 0. The monoisotopic (exact) mass is 1340 g/mol. The van der Waals surface area contributed by atoms with Crippen LogP contribution in [0.1, 0.15) is 357 Å². The third-order valence-electron chi connectivity index (χ3n) is 16.6. The highest BCUT2D eigenvalue weighted by Crippen LogP contribution is 2.45. The lowest BCUT2D eigenvalue weighted by molar-refractivity contribution is -0.161. The Hall–Kier alpha value is -1.94. The van der Waals surface area contributed by atoms with Crippen LogP contribution in [0.15, 0.2) is 0 Å². The number of esters is 4. The second-order valence-electron chi connectivity index (χ2n) is 27.9. The quantitative estimate of drug-likeness (QED) is 0.0222. The van der Waals surface area contributed by atoms with Crippen LogP contribution in [0.25, 0.3) is 0 Å². The van der Waals surface area contributed by atoms with Crippen LogP contribution in [0.4, 0.5) is 0 Å². The second kappa shape index (κ2) is 61.6. The molecule has 17 nitrogen and oxygen atoms in total. The van der Waals surface area contributed by atoms with E-state index in [0.717, 1.165) is 114 Å². The standard InChI is InChI=1S/C72H140O17P2/c1-62(2)48-40-32-24-17-12-9-10-14-20-28-36-44-52-69(74)82-58-67(88-71(76)54-46-38-29-21-15-11-13-18-25-33-41-49-63(3)4)60-86-90(78,79)84-56-66(73)57-85-91(80,81)87-61-68(59-83-70(75)53-45-37-31-23-27-35-43-51-65(7)8)89-72(77)55-47-39-30-22-16-19-26-34-42-50-64(5)6/h62-68,73H,9-61H2,1-8H3,(H,78,79)(H,80,81)/t66?,67-,68-/m1/s1. The van der Waals surface area contributed by atoms with Crippen molar-refractivity contribution in [3.8, 4) is 0 Å². The molecule has 3 N–H and O–H groups in total. The number of ether oxygens (including phenoxy) is 4. The molecule has 0 spiro atoms. The van der Waals surface area contributed by atoms with Gasteiger partial charge in [0.25, 0.3) is 0 Å². The number of hydrogen-bond acceptors (Lipinski definition) is 15. The predicted octanol–water partition coefficient (Wildman–Crippen LogP) is 20.5. The Morgan fingerprint density at radius 3 is 0.681 bits per heavy atom. The van der Waals surface area contributed by atoms with E-state index < -0.39 is 97.5 Å². The maximum atomic E-state index is 13.0. The minimum atomic E-state index is -4.95.